The number of aliphatic carboxylic acids is 1. The molecule has 1 aliphatic carbocycles. The van der Waals surface area contributed by atoms with Crippen molar-refractivity contribution in [1.29, 1.82) is 0 Å². The second-order valence-corrected chi connectivity index (χ2v) is 4.77. The van der Waals surface area contributed by atoms with E-state index in [1.54, 1.807) is 5.51 Å². The highest BCUT2D eigenvalue weighted by Gasteiger charge is 2.30. The number of carboxylic acids is 1. The van der Waals surface area contributed by atoms with Gasteiger partial charge in [-0.15, -0.1) is 11.3 Å². The third-order valence-corrected chi connectivity index (χ3v) is 3.55. The number of carbonyl (C=O) groups excluding carboxylic acids is 1. The number of carboxylic acid groups (broad SMARTS) is 1. The van der Waals surface area contributed by atoms with Gasteiger partial charge in [0.1, 0.15) is 4.88 Å². The Hall–Kier alpha value is -1.43. The number of aromatic nitrogens is 1. The van der Waals surface area contributed by atoms with Crippen LogP contribution in [-0.4, -0.2) is 28.0 Å². The van der Waals surface area contributed by atoms with Gasteiger partial charge in [-0.2, -0.15) is 0 Å². The zero-order valence-corrected chi connectivity index (χ0v) is 9.37. The molecule has 16 heavy (non-hydrogen) atoms. The summed E-state index contributed by atoms with van der Waals surface area (Å²) < 4.78 is 0. The zero-order chi connectivity index (χ0) is 11.5. The lowest BCUT2D eigenvalue weighted by molar-refractivity contribution is -0.141. The Morgan fingerprint density at radius 1 is 1.50 bits per heavy atom. The molecule has 86 valence electrons. The number of nitrogens with one attached hydrogen (secondary N) is 1. The molecule has 0 spiro atoms. The van der Waals surface area contributed by atoms with Crippen molar-refractivity contribution in [2.45, 2.75) is 25.3 Å². The molecule has 0 bridgehead atoms. The molecule has 1 heterocycles. The van der Waals surface area contributed by atoms with Crippen molar-refractivity contribution in [3.8, 4) is 0 Å². The summed E-state index contributed by atoms with van der Waals surface area (Å²) in [6.07, 6.45) is 3.42. The van der Waals surface area contributed by atoms with Gasteiger partial charge in [0.05, 0.1) is 17.6 Å². The second-order valence-electron chi connectivity index (χ2n) is 3.88. The summed E-state index contributed by atoms with van der Waals surface area (Å²) in [7, 11) is 0. The van der Waals surface area contributed by atoms with Gasteiger partial charge >= 0.3 is 5.97 Å². The van der Waals surface area contributed by atoms with E-state index in [2.05, 4.69) is 10.3 Å². The minimum Gasteiger partial charge on any atom is -0.481 e. The molecule has 5 nitrogen and oxygen atoms in total. The highest BCUT2D eigenvalue weighted by Crippen LogP contribution is 2.25. The van der Waals surface area contributed by atoms with Gasteiger partial charge in [-0.1, -0.05) is 0 Å². The summed E-state index contributed by atoms with van der Waals surface area (Å²) in [6.45, 7) is 0. The maximum atomic E-state index is 11.7. The fourth-order valence-corrected chi connectivity index (χ4v) is 2.44. The number of thiazole rings is 1. The van der Waals surface area contributed by atoms with Crippen molar-refractivity contribution >= 4 is 23.2 Å². The molecule has 1 aromatic heterocycles. The van der Waals surface area contributed by atoms with Crippen LogP contribution in [0, 0.1) is 5.92 Å². The molecule has 0 unspecified atom stereocenters. The lowest BCUT2D eigenvalue weighted by atomic mass is 10.1. The largest absolute Gasteiger partial charge is 0.481 e. The van der Waals surface area contributed by atoms with Gasteiger partial charge in [0.15, 0.2) is 0 Å². The van der Waals surface area contributed by atoms with Crippen molar-refractivity contribution in [3.05, 3.63) is 16.6 Å². The van der Waals surface area contributed by atoms with E-state index in [0.29, 0.717) is 17.7 Å². The molecule has 2 N–H and O–H groups in total. The maximum Gasteiger partial charge on any atom is 0.306 e. The quantitative estimate of drug-likeness (QED) is 0.830. The van der Waals surface area contributed by atoms with Crippen LogP contribution < -0.4 is 5.32 Å². The number of hydrogen-bond donors (Lipinski definition) is 2. The zero-order valence-electron chi connectivity index (χ0n) is 8.55. The predicted molar refractivity (Wildman–Crippen MR) is 58.3 cm³/mol. The van der Waals surface area contributed by atoms with Crippen LogP contribution in [0.25, 0.3) is 0 Å². The van der Waals surface area contributed by atoms with Crippen LogP contribution in [-0.2, 0) is 4.79 Å². The lowest BCUT2D eigenvalue weighted by Crippen LogP contribution is -2.32. The molecule has 1 aromatic rings. The van der Waals surface area contributed by atoms with E-state index in [0.717, 1.165) is 6.42 Å². The first-order valence-corrected chi connectivity index (χ1v) is 5.97. The Bertz CT molecular complexity index is 391. The van der Waals surface area contributed by atoms with Crippen LogP contribution in [0.3, 0.4) is 0 Å². The summed E-state index contributed by atoms with van der Waals surface area (Å²) >= 11 is 1.28. The van der Waals surface area contributed by atoms with Crippen molar-refractivity contribution in [2.75, 3.05) is 0 Å². The molecule has 0 saturated heterocycles. The molecule has 0 aliphatic heterocycles. The van der Waals surface area contributed by atoms with Gasteiger partial charge in [0.2, 0.25) is 0 Å². The standard InChI is InChI=1S/C10H12N2O3S/c13-9(8-4-11-5-16-8)12-7-2-1-6(3-7)10(14)15/h4-7H,1-3H2,(H,12,13)(H,14,15)/t6-,7+/m1/s1. The fraction of sp³-hybridized carbons (Fsp3) is 0.500. The molecule has 6 heteroatoms. The van der Waals surface area contributed by atoms with Gasteiger partial charge in [0, 0.05) is 6.04 Å². The average molecular weight is 240 g/mol. The Labute approximate surface area is 96.5 Å². The van der Waals surface area contributed by atoms with Crippen LogP contribution >= 0.6 is 11.3 Å². The fourth-order valence-electron chi connectivity index (χ4n) is 1.92. The molecule has 1 amide bonds. The number of hydrogen-bond acceptors (Lipinski definition) is 4. The van der Waals surface area contributed by atoms with Crippen molar-refractivity contribution in [3.63, 3.8) is 0 Å². The first-order chi connectivity index (χ1) is 7.66. The molecule has 2 rings (SSSR count). The minimum atomic E-state index is -0.769. The van der Waals surface area contributed by atoms with Crippen LogP contribution in [0.4, 0.5) is 0 Å². The Balaban J connectivity index is 1.88. The van der Waals surface area contributed by atoms with E-state index in [9.17, 15) is 9.59 Å². The molecule has 2 atom stereocenters. The first-order valence-electron chi connectivity index (χ1n) is 5.09. The summed E-state index contributed by atoms with van der Waals surface area (Å²) in [5.74, 6) is -1.24. The third kappa shape index (κ3) is 2.38. The first kappa shape index (κ1) is 11.1. The molecular formula is C10H12N2O3S. The topological polar surface area (TPSA) is 79.3 Å². The van der Waals surface area contributed by atoms with Crippen molar-refractivity contribution in [1.82, 2.24) is 10.3 Å². The molecular weight excluding hydrogens is 228 g/mol. The summed E-state index contributed by atoms with van der Waals surface area (Å²) in [6, 6.07) is -0.0179. The Kier molecular flexibility index (Phi) is 3.19. The Morgan fingerprint density at radius 3 is 2.88 bits per heavy atom. The van der Waals surface area contributed by atoms with Crippen molar-refractivity contribution < 1.29 is 14.7 Å². The molecule has 0 radical (unpaired) electrons. The van der Waals surface area contributed by atoms with E-state index in [-0.39, 0.29) is 17.9 Å². The SMILES string of the molecule is O=C(N[C@H]1CC[C@@H](C(=O)O)C1)c1cncs1. The van der Waals surface area contributed by atoms with E-state index in [4.69, 9.17) is 5.11 Å². The van der Waals surface area contributed by atoms with E-state index >= 15 is 0 Å². The monoisotopic (exact) mass is 240 g/mol. The number of nitrogens with zero attached hydrogens (tertiary/aromatic N) is 1. The van der Waals surface area contributed by atoms with Crippen LogP contribution in [0.1, 0.15) is 28.9 Å². The summed E-state index contributed by atoms with van der Waals surface area (Å²) in [5, 5.41) is 11.7. The molecule has 1 saturated carbocycles. The predicted octanol–water partition coefficient (Wildman–Crippen LogP) is 1.13. The summed E-state index contributed by atoms with van der Waals surface area (Å²) in [4.78, 5) is 26.8. The van der Waals surface area contributed by atoms with Gasteiger partial charge < -0.3 is 10.4 Å². The lowest BCUT2D eigenvalue weighted by Gasteiger charge is -2.10. The molecule has 1 aliphatic rings. The van der Waals surface area contributed by atoms with Crippen LogP contribution in [0.5, 0.6) is 0 Å². The Morgan fingerprint density at radius 2 is 2.31 bits per heavy atom. The molecule has 0 aromatic carbocycles. The van der Waals surface area contributed by atoms with Gasteiger partial charge in [-0.25, -0.2) is 0 Å². The van der Waals surface area contributed by atoms with Crippen LogP contribution in [0.2, 0.25) is 0 Å². The molecule has 1 fully saturated rings. The van der Waals surface area contributed by atoms with E-state index < -0.39 is 5.97 Å². The van der Waals surface area contributed by atoms with E-state index in [1.165, 1.54) is 17.5 Å². The minimum absolute atomic E-state index is 0.0179. The van der Waals surface area contributed by atoms with Gasteiger partial charge in [-0.05, 0) is 19.3 Å². The number of rotatable bonds is 3. The van der Waals surface area contributed by atoms with Gasteiger partial charge in [-0.3, -0.25) is 14.6 Å². The van der Waals surface area contributed by atoms with Crippen LogP contribution in [0.15, 0.2) is 11.7 Å². The van der Waals surface area contributed by atoms with Crippen molar-refractivity contribution in [2.24, 2.45) is 5.92 Å². The highest BCUT2D eigenvalue weighted by molar-refractivity contribution is 7.11. The second kappa shape index (κ2) is 4.61. The number of carbonyl (C=O) groups is 2. The normalized spacial score (nSPS) is 24.2. The maximum absolute atomic E-state index is 11.7. The summed E-state index contributed by atoms with van der Waals surface area (Å²) in [5.41, 5.74) is 1.60. The number of amides is 1. The van der Waals surface area contributed by atoms with E-state index in [1.807, 2.05) is 0 Å². The smallest absolute Gasteiger partial charge is 0.306 e. The average Bonchev–Trinajstić information content (AvgIpc) is 2.87. The third-order valence-electron chi connectivity index (χ3n) is 2.77. The highest BCUT2D eigenvalue weighted by atomic mass is 32.1. The van der Waals surface area contributed by atoms with Gasteiger partial charge in [0.25, 0.3) is 5.91 Å².